The van der Waals surface area contributed by atoms with Gasteiger partial charge >= 0.3 is 0 Å². The third kappa shape index (κ3) is 2.15. The van der Waals surface area contributed by atoms with Gasteiger partial charge in [-0.3, -0.25) is 9.78 Å². The van der Waals surface area contributed by atoms with Crippen LogP contribution in [0.3, 0.4) is 0 Å². The lowest BCUT2D eigenvalue weighted by atomic mass is 10.0. The first-order valence-corrected chi connectivity index (χ1v) is 6.17. The summed E-state index contributed by atoms with van der Waals surface area (Å²) < 4.78 is 0. The van der Waals surface area contributed by atoms with Crippen LogP contribution in [0, 0.1) is 11.3 Å². The van der Waals surface area contributed by atoms with E-state index in [0.717, 1.165) is 10.9 Å². The summed E-state index contributed by atoms with van der Waals surface area (Å²) in [4.78, 5) is 16.7. The molecule has 0 saturated carbocycles. The second-order valence-corrected chi connectivity index (χ2v) is 4.44. The molecule has 1 aromatic heterocycles. The van der Waals surface area contributed by atoms with Crippen LogP contribution in [0.25, 0.3) is 10.9 Å². The standard InChI is InChI=1S/C17H10N2O/c18-10-12-4-3-6-14(8-12)17(20)15-9-13-5-1-2-7-16(13)19-11-15/h1-9,11H. The molecule has 0 aliphatic heterocycles. The third-order valence-electron chi connectivity index (χ3n) is 3.11. The van der Waals surface area contributed by atoms with E-state index in [1.165, 1.54) is 0 Å². The Balaban J connectivity index is 2.06. The van der Waals surface area contributed by atoms with Gasteiger partial charge in [0.2, 0.25) is 0 Å². The summed E-state index contributed by atoms with van der Waals surface area (Å²) in [6, 6.07) is 18.2. The van der Waals surface area contributed by atoms with Crippen LogP contribution in [0.2, 0.25) is 0 Å². The van der Waals surface area contributed by atoms with Crippen LogP contribution < -0.4 is 0 Å². The van der Waals surface area contributed by atoms with Crippen LogP contribution in [0.1, 0.15) is 21.5 Å². The highest BCUT2D eigenvalue weighted by molar-refractivity contribution is 6.10. The minimum Gasteiger partial charge on any atom is -0.289 e. The first-order valence-electron chi connectivity index (χ1n) is 6.17. The number of nitrogens with zero attached hydrogens (tertiary/aromatic N) is 2. The van der Waals surface area contributed by atoms with Crippen molar-refractivity contribution in [3.8, 4) is 6.07 Å². The Hall–Kier alpha value is -2.99. The summed E-state index contributed by atoms with van der Waals surface area (Å²) in [5, 5.41) is 9.81. The van der Waals surface area contributed by atoms with E-state index < -0.39 is 0 Å². The fraction of sp³-hybridized carbons (Fsp3) is 0. The molecule has 0 unspecified atom stereocenters. The normalized spacial score (nSPS) is 10.2. The van der Waals surface area contributed by atoms with Crippen molar-refractivity contribution in [2.24, 2.45) is 0 Å². The second kappa shape index (κ2) is 4.94. The molecule has 0 aliphatic carbocycles. The summed E-state index contributed by atoms with van der Waals surface area (Å²) in [5.74, 6) is -0.125. The predicted molar refractivity (Wildman–Crippen MR) is 76.3 cm³/mol. The van der Waals surface area contributed by atoms with Gasteiger partial charge in [-0.05, 0) is 24.3 Å². The summed E-state index contributed by atoms with van der Waals surface area (Å²) in [7, 11) is 0. The van der Waals surface area contributed by atoms with Crippen LogP contribution in [0.4, 0.5) is 0 Å². The number of benzene rings is 2. The fourth-order valence-electron chi connectivity index (χ4n) is 2.09. The zero-order valence-corrected chi connectivity index (χ0v) is 10.6. The number of aromatic nitrogens is 1. The first-order chi connectivity index (χ1) is 9.78. The van der Waals surface area contributed by atoms with Gasteiger partial charge in [0, 0.05) is 22.7 Å². The maximum Gasteiger partial charge on any atom is 0.194 e. The van der Waals surface area contributed by atoms with Gasteiger partial charge in [-0.2, -0.15) is 5.26 Å². The molecule has 3 aromatic rings. The molecule has 20 heavy (non-hydrogen) atoms. The van der Waals surface area contributed by atoms with E-state index in [9.17, 15) is 4.79 Å². The van der Waals surface area contributed by atoms with Crippen molar-refractivity contribution in [1.29, 1.82) is 5.26 Å². The van der Waals surface area contributed by atoms with Gasteiger partial charge in [-0.15, -0.1) is 0 Å². The van der Waals surface area contributed by atoms with Crippen LogP contribution in [-0.2, 0) is 0 Å². The second-order valence-electron chi connectivity index (χ2n) is 4.44. The number of carbonyl (C=O) groups excluding carboxylic acids is 1. The lowest BCUT2D eigenvalue weighted by Gasteiger charge is -2.03. The number of nitriles is 1. The van der Waals surface area contributed by atoms with E-state index in [4.69, 9.17) is 5.26 Å². The minimum absolute atomic E-state index is 0.125. The Morgan fingerprint density at radius 1 is 1.00 bits per heavy atom. The van der Waals surface area contributed by atoms with Gasteiger partial charge in [0.05, 0.1) is 17.1 Å². The lowest BCUT2D eigenvalue weighted by Crippen LogP contribution is -2.02. The number of pyridine rings is 1. The topological polar surface area (TPSA) is 53.8 Å². The SMILES string of the molecule is N#Cc1cccc(C(=O)c2cnc3ccccc3c2)c1. The van der Waals surface area contributed by atoms with Gasteiger partial charge in [0.25, 0.3) is 0 Å². The van der Waals surface area contributed by atoms with E-state index in [2.05, 4.69) is 4.98 Å². The minimum atomic E-state index is -0.125. The number of ketones is 1. The van der Waals surface area contributed by atoms with Crippen molar-refractivity contribution in [3.63, 3.8) is 0 Å². The zero-order chi connectivity index (χ0) is 13.9. The van der Waals surface area contributed by atoms with Crippen LogP contribution in [0.5, 0.6) is 0 Å². The summed E-state index contributed by atoms with van der Waals surface area (Å²) in [5.41, 5.74) is 2.36. The van der Waals surface area contributed by atoms with Crippen LogP contribution in [0.15, 0.2) is 60.8 Å². The molecule has 0 N–H and O–H groups in total. The molecule has 1 heterocycles. The molecule has 0 spiro atoms. The van der Waals surface area contributed by atoms with Gasteiger partial charge in [-0.25, -0.2) is 0 Å². The average Bonchev–Trinajstić information content (AvgIpc) is 2.53. The van der Waals surface area contributed by atoms with Crippen LogP contribution in [-0.4, -0.2) is 10.8 Å². The highest BCUT2D eigenvalue weighted by atomic mass is 16.1. The highest BCUT2D eigenvalue weighted by Gasteiger charge is 2.10. The number of para-hydroxylation sites is 1. The Morgan fingerprint density at radius 2 is 1.85 bits per heavy atom. The van der Waals surface area contributed by atoms with Crippen molar-refractivity contribution < 1.29 is 4.79 Å². The maximum absolute atomic E-state index is 12.4. The smallest absolute Gasteiger partial charge is 0.194 e. The molecule has 3 rings (SSSR count). The van der Waals surface area contributed by atoms with Gasteiger partial charge < -0.3 is 0 Å². The van der Waals surface area contributed by atoms with Crippen molar-refractivity contribution in [1.82, 2.24) is 4.98 Å². The summed E-state index contributed by atoms with van der Waals surface area (Å²) in [6.07, 6.45) is 1.57. The zero-order valence-electron chi connectivity index (χ0n) is 10.6. The van der Waals surface area contributed by atoms with Crippen molar-refractivity contribution >= 4 is 16.7 Å². The Morgan fingerprint density at radius 3 is 2.70 bits per heavy atom. The van der Waals surface area contributed by atoms with Gasteiger partial charge in [-0.1, -0.05) is 30.3 Å². The van der Waals surface area contributed by atoms with Crippen molar-refractivity contribution in [3.05, 3.63) is 77.5 Å². The van der Waals surface area contributed by atoms with Crippen molar-refractivity contribution in [2.75, 3.05) is 0 Å². The van der Waals surface area contributed by atoms with Crippen molar-refractivity contribution in [2.45, 2.75) is 0 Å². The predicted octanol–water partition coefficient (Wildman–Crippen LogP) is 3.34. The molecule has 0 bridgehead atoms. The van der Waals surface area contributed by atoms with E-state index in [1.54, 1.807) is 30.5 Å². The molecule has 0 amide bonds. The van der Waals surface area contributed by atoms with Crippen LogP contribution >= 0.6 is 0 Å². The Bertz CT molecular complexity index is 847. The molecule has 0 fully saturated rings. The lowest BCUT2D eigenvalue weighted by molar-refractivity contribution is 0.103. The quantitative estimate of drug-likeness (QED) is 0.662. The van der Waals surface area contributed by atoms with E-state index in [1.807, 2.05) is 36.4 Å². The monoisotopic (exact) mass is 258 g/mol. The van der Waals surface area contributed by atoms with E-state index in [-0.39, 0.29) is 5.78 Å². The molecule has 0 aliphatic rings. The highest BCUT2D eigenvalue weighted by Crippen LogP contribution is 2.16. The molecule has 0 atom stereocenters. The Labute approximate surface area is 116 Å². The largest absolute Gasteiger partial charge is 0.289 e. The fourth-order valence-corrected chi connectivity index (χ4v) is 2.09. The van der Waals surface area contributed by atoms with Gasteiger partial charge in [0.15, 0.2) is 5.78 Å². The third-order valence-corrected chi connectivity index (χ3v) is 3.11. The molecule has 0 saturated heterocycles. The first kappa shape index (κ1) is 12.1. The maximum atomic E-state index is 12.4. The molecular formula is C17H10N2O. The van der Waals surface area contributed by atoms with E-state index >= 15 is 0 Å². The molecule has 3 heteroatoms. The Kier molecular flexibility index (Phi) is 2.98. The molecular weight excluding hydrogens is 248 g/mol. The number of hydrogen-bond donors (Lipinski definition) is 0. The number of carbonyl (C=O) groups is 1. The molecule has 0 radical (unpaired) electrons. The number of fused-ring (bicyclic) bond motifs is 1. The summed E-state index contributed by atoms with van der Waals surface area (Å²) in [6.45, 7) is 0. The summed E-state index contributed by atoms with van der Waals surface area (Å²) >= 11 is 0. The number of rotatable bonds is 2. The van der Waals surface area contributed by atoms with E-state index in [0.29, 0.717) is 16.7 Å². The average molecular weight is 258 g/mol. The molecule has 2 aromatic carbocycles. The molecule has 3 nitrogen and oxygen atoms in total. The number of hydrogen-bond acceptors (Lipinski definition) is 3. The molecule has 94 valence electrons. The van der Waals surface area contributed by atoms with Gasteiger partial charge in [0.1, 0.15) is 0 Å².